The minimum atomic E-state index is 0.498. The van der Waals surface area contributed by atoms with Crippen molar-refractivity contribution in [3.05, 3.63) is 0 Å². The van der Waals surface area contributed by atoms with E-state index in [1.54, 1.807) is 0 Å². The fourth-order valence-corrected chi connectivity index (χ4v) is 5.27. The lowest BCUT2D eigenvalue weighted by Crippen LogP contribution is -2.26. The molecule has 0 N–H and O–H groups in total. The van der Waals surface area contributed by atoms with Crippen molar-refractivity contribution in [3.63, 3.8) is 0 Å². The standard InChI is InChI=1S/C30H58O3/c1-3-5-17-29(21-15-11-7-9-13-19-27-23-25-31-27)33-30(18-6-4-2)22-16-12-8-10-14-20-28-24-26-32-28/h27-30H,3-26H2,1-2H3. The zero-order valence-electron chi connectivity index (χ0n) is 22.5. The van der Waals surface area contributed by atoms with Crippen molar-refractivity contribution in [1.29, 1.82) is 0 Å². The largest absolute Gasteiger partial charge is 0.378 e. The first-order valence-corrected chi connectivity index (χ1v) is 15.2. The third kappa shape index (κ3) is 14.8. The highest BCUT2D eigenvalue weighted by atomic mass is 16.5. The average molecular weight is 467 g/mol. The van der Waals surface area contributed by atoms with Crippen LogP contribution in [0.25, 0.3) is 0 Å². The van der Waals surface area contributed by atoms with Crippen molar-refractivity contribution in [2.45, 2.75) is 180 Å². The summed E-state index contributed by atoms with van der Waals surface area (Å²) in [6.07, 6.45) is 31.3. The first kappa shape index (κ1) is 29.1. The second-order valence-corrected chi connectivity index (χ2v) is 10.9. The van der Waals surface area contributed by atoms with Crippen LogP contribution in [0.3, 0.4) is 0 Å². The molecule has 0 bridgehead atoms. The molecule has 2 rings (SSSR count). The Morgan fingerprint density at radius 2 is 0.909 bits per heavy atom. The van der Waals surface area contributed by atoms with Gasteiger partial charge in [0.25, 0.3) is 0 Å². The van der Waals surface area contributed by atoms with E-state index in [1.165, 1.54) is 141 Å². The molecule has 3 heteroatoms. The number of unbranched alkanes of at least 4 members (excludes halogenated alkanes) is 10. The van der Waals surface area contributed by atoms with Gasteiger partial charge in [-0.15, -0.1) is 0 Å². The molecule has 4 atom stereocenters. The van der Waals surface area contributed by atoms with Gasteiger partial charge in [-0.2, -0.15) is 0 Å². The Labute approximate surface area is 207 Å². The number of hydrogen-bond donors (Lipinski definition) is 0. The van der Waals surface area contributed by atoms with Crippen LogP contribution in [-0.4, -0.2) is 37.6 Å². The molecule has 0 aromatic heterocycles. The third-order valence-electron chi connectivity index (χ3n) is 7.84. The van der Waals surface area contributed by atoms with Gasteiger partial charge in [0.05, 0.1) is 24.4 Å². The SMILES string of the molecule is CCCCC(CCCCCCCC1CCO1)OC(CCCC)CCCCCCCC1CCO1. The first-order chi connectivity index (χ1) is 16.3. The van der Waals surface area contributed by atoms with Crippen LogP contribution >= 0.6 is 0 Å². The Balaban J connectivity index is 1.55. The normalized spacial score (nSPS) is 22.0. The Morgan fingerprint density at radius 1 is 0.545 bits per heavy atom. The van der Waals surface area contributed by atoms with E-state index in [2.05, 4.69) is 13.8 Å². The molecule has 0 aliphatic carbocycles. The van der Waals surface area contributed by atoms with Crippen molar-refractivity contribution >= 4 is 0 Å². The topological polar surface area (TPSA) is 27.7 Å². The van der Waals surface area contributed by atoms with E-state index in [0.29, 0.717) is 24.4 Å². The summed E-state index contributed by atoms with van der Waals surface area (Å²) in [5.74, 6) is 0. The molecule has 0 saturated carbocycles. The van der Waals surface area contributed by atoms with Gasteiger partial charge in [0.1, 0.15) is 0 Å². The lowest BCUT2D eigenvalue weighted by molar-refractivity contribution is -0.0557. The summed E-state index contributed by atoms with van der Waals surface area (Å²) in [5.41, 5.74) is 0. The third-order valence-corrected chi connectivity index (χ3v) is 7.84. The summed E-state index contributed by atoms with van der Waals surface area (Å²) in [6.45, 7) is 6.63. The molecule has 2 fully saturated rings. The van der Waals surface area contributed by atoms with Crippen LogP contribution in [-0.2, 0) is 14.2 Å². The van der Waals surface area contributed by atoms with Gasteiger partial charge in [-0.05, 0) is 51.4 Å². The highest BCUT2D eigenvalue weighted by Crippen LogP contribution is 2.23. The maximum atomic E-state index is 6.78. The molecule has 0 aromatic rings. The second kappa shape index (κ2) is 20.1. The molecule has 2 heterocycles. The second-order valence-electron chi connectivity index (χ2n) is 10.9. The molecular weight excluding hydrogens is 408 g/mol. The molecule has 0 amide bonds. The minimum Gasteiger partial charge on any atom is -0.378 e. The van der Waals surface area contributed by atoms with E-state index >= 15 is 0 Å². The molecule has 33 heavy (non-hydrogen) atoms. The first-order valence-electron chi connectivity index (χ1n) is 15.2. The number of rotatable bonds is 24. The summed E-state index contributed by atoms with van der Waals surface area (Å²) in [7, 11) is 0. The molecule has 0 aromatic carbocycles. The predicted octanol–water partition coefficient (Wildman–Crippen LogP) is 9.16. The van der Waals surface area contributed by atoms with Gasteiger partial charge in [-0.3, -0.25) is 0 Å². The zero-order chi connectivity index (χ0) is 23.4. The lowest BCUT2D eigenvalue weighted by Gasteiger charge is -2.26. The molecule has 0 radical (unpaired) electrons. The Hall–Kier alpha value is -0.120. The summed E-state index contributed by atoms with van der Waals surface area (Å²) in [4.78, 5) is 0. The molecule has 196 valence electrons. The Kier molecular flexibility index (Phi) is 17.7. The Morgan fingerprint density at radius 3 is 1.27 bits per heavy atom. The van der Waals surface area contributed by atoms with Gasteiger partial charge in [0, 0.05) is 13.2 Å². The van der Waals surface area contributed by atoms with Gasteiger partial charge < -0.3 is 14.2 Å². The molecule has 0 spiro atoms. The highest BCUT2D eigenvalue weighted by molar-refractivity contribution is 4.68. The highest BCUT2D eigenvalue weighted by Gasteiger charge is 2.18. The van der Waals surface area contributed by atoms with Gasteiger partial charge in [0.15, 0.2) is 0 Å². The monoisotopic (exact) mass is 466 g/mol. The maximum Gasteiger partial charge on any atom is 0.0597 e. The van der Waals surface area contributed by atoms with Crippen LogP contribution in [0.1, 0.15) is 155 Å². The van der Waals surface area contributed by atoms with Crippen LogP contribution in [0.4, 0.5) is 0 Å². The number of ether oxygens (including phenoxy) is 3. The van der Waals surface area contributed by atoms with Crippen LogP contribution < -0.4 is 0 Å². The van der Waals surface area contributed by atoms with Crippen molar-refractivity contribution in [3.8, 4) is 0 Å². The fraction of sp³-hybridized carbons (Fsp3) is 1.00. The average Bonchev–Trinajstić information content (AvgIpc) is 2.76. The number of hydrogen-bond acceptors (Lipinski definition) is 3. The molecule has 3 nitrogen and oxygen atoms in total. The van der Waals surface area contributed by atoms with E-state index in [4.69, 9.17) is 14.2 Å². The summed E-state index contributed by atoms with van der Waals surface area (Å²) >= 11 is 0. The van der Waals surface area contributed by atoms with Crippen molar-refractivity contribution in [1.82, 2.24) is 0 Å². The van der Waals surface area contributed by atoms with Crippen LogP contribution in [0.2, 0.25) is 0 Å². The van der Waals surface area contributed by atoms with E-state index in [-0.39, 0.29) is 0 Å². The van der Waals surface area contributed by atoms with E-state index in [0.717, 1.165) is 13.2 Å². The molecule has 2 saturated heterocycles. The fourth-order valence-electron chi connectivity index (χ4n) is 5.27. The van der Waals surface area contributed by atoms with Crippen LogP contribution in [0, 0.1) is 0 Å². The van der Waals surface area contributed by atoms with Crippen molar-refractivity contribution < 1.29 is 14.2 Å². The van der Waals surface area contributed by atoms with Gasteiger partial charge >= 0.3 is 0 Å². The van der Waals surface area contributed by atoms with Crippen LogP contribution in [0.5, 0.6) is 0 Å². The minimum absolute atomic E-state index is 0.498. The molecular formula is C30H58O3. The van der Waals surface area contributed by atoms with Crippen molar-refractivity contribution in [2.75, 3.05) is 13.2 Å². The van der Waals surface area contributed by atoms with Gasteiger partial charge in [-0.25, -0.2) is 0 Å². The zero-order valence-corrected chi connectivity index (χ0v) is 22.5. The molecule has 4 unspecified atom stereocenters. The lowest BCUT2D eigenvalue weighted by atomic mass is 10.00. The van der Waals surface area contributed by atoms with Crippen LogP contribution in [0.15, 0.2) is 0 Å². The van der Waals surface area contributed by atoms with Crippen molar-refractivity contribution in [2.24, 2.45) is 0 Å². The summed E-state index contributed by atoms with van der Waals surface area (Å²) < 4.78 is 17.9. The quantitative estimate of drug-likeness (QED) is 0.133. The van der Waals surface area contributed by atoms with E-state index in [1.807, 2.05) is 0 Å². The Bertz CT molecular complexity index is 381. The summed E-state index contributed by atoms with van der Waals surface area (Å²) in [6, 6.07) is 0. The maximum absolute atomic E-state index is 6.78. The smallest absolute Gasteiger partial charge is 0.0597 e. The summed E-state index contributed by atoms with van der Waals surface area (Å²) in [5, 5.41) is 0. The van der Waals surface area contributed by atoms with Gasteiger partial charge in [-0.1, -0.05) is 104 Å². The van der Waals surface area contributed by atoms with E-state index < -0.39 is 0 Å². The van der Waals surface area contributed by atoms with E-state index in [9.17, 15) is 0 Å². The van der Waals surface area contributed by atoms with Gasteiger partial charge in [0.2, 0.25) is 0 Å². The predicted molar refractivity (Wildman–Crippen MR) is 141 cm³/mol. The molecule has 2 aliphatic heterocycles. The molecule has 2 aliphatic rings.